The van der Waals surface area contributed by atoms with Crippen molar-refractivity contribution < 1.29 is 23.8 Å². The van der Waals surface area contributed by atoms with Crippen molar-refractivity contribution in [3.8, 4) is 16.5 Å². The normalized spacial score (nSPS) is 22.1. The number of rotatable bonds is 10. The summed E-state index contributed by atoms with van der Waals surface area (Å²) in [5.74, 6) is 1.34. The molecule has 0 bridgehead atoms. The van der Waals surface area contributed by atoms with Gasteiger partial charge in [0.15, 0.2) is 0 Å². The molecule has 0 aliphatic heterocycles. The fourth-order valence-corrected chi connectivity index (χ4v) is 8.45. The van der Waals surface area contributed by atoms with Crippen LogP contribution in [0.1, 0.15) is 63.7 Å². The van der Waals surface area contributed by atoms with E-state index in [4.69, 9.17) is 13.9 Å². The smallest absolute Gasteiger partial charge is 0.333 e. The summed E-state index contributed by atoms with van der Waals surface area (Å²) in [4.78, 5) is 47.4. The van der Waals surface area contributed by atoms with Gasteiger partial charge in [-0.05, 0) is 76.8 Å². The summed E-state index contributed by atoms with van der Waals surface area (Å²) in [7, 11) is 1.60. The summed E-state index contributed by atoms with van der Waals surface area (Å²) < 4.78 is 20.8. The molecule has 1 aromatic carbocycles. The number of aliphatic hydroxyl groups excluding tert-OH is 1. The number of hydrogen-bond acceptors (Lipinski definition) is 9. The highest BCUT2D eigenvalue weighted by Gasteiger charge is 2.43. The molecule has 240 valence electrons. The van der Waals surface area contributed by atoms with Gasteiger partial charge in [-0.15, -0.1) is 11.3 Å². The highest BCUT2D eigenvalue weighted by molar-refractivity contribution is 7.22. The third kappa shape index (κ3) is 5.53. The van der Waals surface area contributed by atoms with Gasteiger partial charge >= 0.3 is 5.69 Å². The zero-order valence-electron chi connectivity index (χ0n) is 26.2. The summed E-state index contributed by atoms with van der Waals surface area (Å²) in [5, 5.41) is 13.3. The monoisotopic (exact) mass is 636 g/mol. The predicted molar refractivity (Wildman–Crippen MR) is 171 cm³/mol. The second kappa shape index (κ2) is 12.2. The van der Waals surface area contributed by atoms with Gasteiger partial charge in [0.05, 0.1) is 42.3 Å². The molecule has 2 N–H and O–H groups in total. The Bertz CT molecular complexity index is 1810. The minimum absolute atomic E-state index is 0.0702. The number of likely N-dealkylation sites (N-methyl/N-ethyl adjacent to an activating group) is 1. The Morgan fingerprint density at radius 1 is 1.20 bits per heavy atom. The van der Waals surface area contributed by atoms with Crippen LogP contribution in [0.2, 0.25) is 0 Å². The van der Waals surface area contributed by atoms with Gasteiger partial charge in [0.1, 0.15) is 28.5 Å². The molecule has 0 radical (unpaired) electrons. The number of aromatic nitrogens is 3. The van der Waals surface area contributed by atoms with E-state index in [1.54, 1.807) is 39.4 Å². The first-order valence-electron chi connectivity index (χ1n) is 15.5. The molecule has 0 spiro atoms. The van der Waals surface area contributed by atoms with Crippen LogP contribution in [-0.4, -0.2) is 51.0 Å². The van der Waals surface area contributed by atoms with Crippen LogP contribution in [0.4, 0.5) is 0 Å². The molecule has 12 heteroatoms. The summed E-state index contributed by atoms with van der Waals surface area (Å²) >= 11 is 1.26. The van der Waals surface area contributed by atoms with E-state index in [2.05, 4.69) is 10.3 Å². The molecule has 4 aromatic rings. The lowest BCUT2D eigenvalue weighted by Gasteiger charge is -2.29. The average Bonchev–Trinajstić information content (AvgIpc) is 3.79. The second-order valence-electron chi connectivity index (χ2n) is 12.6. The molecule has 5 atom stereocenters. The summed E-state index contributed by atoms with van der Waals surface area (Å²) in [6, 6.07) is 7.57. The third-order valence-corrected chi connectivity index (χ3v) is 10.7. The van der Waals surface area contributed by atoms with E-state index in [1.807, 2.05) is 24.3 Å². The van der Waals surface area contributed by atoms with E-state index < -0.39 is 28.8 Å². The van der Waals surface area contributed by atoms with Crippen LogP contribution >= 0.6 is 11.3 Å². The first kappa shape index (κ1) is 31.3. The SMILES string of the molecule is CCNC(=O)C(C)(C)n1c(=O)c2c(C)c(-c3ncco3)sc2n(CC(OC2CC3CC(O)C[C@H]3C2)c2ccccc2OC)c1=O. The Labute approximate surface area is 264 Å². The molecule has 0 saturated heterocycles. The molecule has 3 aromatic heterocycles. The van der Waals surface area contributed by atoms with Crippen LogP contribution in [-0.2, 0) is 21.6 Å². The van der Waals surface area contributed by atoms with Crippen LogP contribution in [0.5, 0.6) is 5.75 Å². The lowest BCUT2D eigenvalue weighted by atomic mass is 10.0. The van der Waals surface area contributed by atoms with E-state index in [0.29, 0.717) is 50.7 Å². The topological polar surface area (TPSA) is 138 Å². The van der Waals surface area contributed by atoms with Crippen molar-refractivity contribution in [2.24, 2.45) is 11.8 Å². The number of aliphatic hydroxyl groups is 1. The molecule has 4 unspecified atom stereocenters. The lowest BCUT2D eigenvalue weighted by molar-refractivity contribution is -0.128. The lowest BCUT2D eigenvalue weighted by Crippen LogP contribution is -2.55. The van der Waals surface area contributed by atoms with Crippen molar-refractivity contribution >= 4 is 27.5 Å². The fourth-order valence-electron chi connectivity index (χ4n) is 7.20. The number of carbonyl (C=O) groups excluding carboxylic acids is 1. The van der Waals surface area contributed by atoms with Gasteiger partial charge in [-0.3, -0.25) is 14.2 Å². The summed E-state index contributed by atoms with van der Waals surface area (Å²) in [6.45, 7) is 7.17. The van der Waals surface area contributed by atoms with Gasteiger partial charge in [0, 0.05) is 12.1 Å². The van der Waals surface area contributed by atoms with Gasteiger partial charge in [-0.1, -0.05) is 18.2 Å². The second-order valence-corrected chi connectivity index (χ2v) is 13.6. The molecule has 45 heavy (non-hydrogen) atoms. The van der Waals surface area contributed by atoms with E-state index in [-0.39, 0.29) is 18.8 Å². The Morgan fingerprint density at radius 3 is 2.56 bits per heavy atom. The number of carbonyl (C=O) groups is 1. The maximum Gasteiger partial charge on any atom is 0.333 e. The zero-order chi connectivity index (χ0) is 32.0. The number of nitrogens with zero attached hydrogens (tertiary/aromatic N) is 3. The van der Waals surface area contributed by atoms with E-state index in [9.17, 15) is 19.5 Å². The van der Waals surface area contributed by atoms with Crippen LogP contribution in [0.3, 0.4) is 0 Å². The minimum atomic E-state index is -1.48. The highest BCUT2D eigenvalue weighted by atomic mass is 32.1. The van der Waals surface area contributed by atoms with Gasteiger partial charge in [0.25, 0.3) is 5.56 Å². The van der Waals surface area contributed by atoms with Crippen molar-refractivity contribution in [3.05, 3.63) is 68.7 Å². The van der Waals surface area contributed by atoms with Crippen molar-refractivity contribution in [2.75, 3.05) is 13.7 Å². The maximum atomic E-state index is 14.5. The molecule has 2 aliphatic carbocycles. The minimum Gasteiger partial charge on any atom is -0.496 e. The van der Waals surface area contributed by atoms with Gasteiger partial charge in [-0.2, -0.15) is 0 Å². The van der Waals surface area contributed by atoms with E-state index >= 15 is 0 Å². The number of ether oxygens (including phenoxy) is 2. The molecular weight excluding hydrogens is 596 g/mol. The number of fused-ring (bicyclic) bond motifs is 2. The van der Waals surface area contributed by atoms with Crippen molar-refractivity contribution in [1.29, 1.82) is 0 Å². The number of benzene rings is 1. The number of thiophene rings is 1. The van der Waals surface area contributed by atoms with Gasteiger partial charge in [-0.25, -0.2) is 14.3 Å². The molecule has 6 rings (SSSR count). The van der Waals surface area contributed by atoms with Crippen LogP contribution in [0.15, 0.2) is 50.7 Å². The molecule has 11 nitrogen and oxygen atoms in total. The molecule has 2 fully saturated rings. The number of para-hydroxylation sites is 1. The molecule has 2 saturated carbocycles. The first-order chi connectivity index (χ1) is 21.5. The number of amides is 1. The van der Waals surface area contributed by atoms with Crippen LogP contribution in [0.25, 0.3) is 21.0 Å². The quantitative estimate of drug-likeness (QED) is 0.262. The Hall–Kier alpha value is -3.74. The van der Waals surface area contributed by atoms with Crippen LogP contribution < -0.4 is 21.3 Å². The Kier molecular flexibility index (Phi) is 8.49. The van der Waals surface area contributed by atoms with E-state index in [0.717, 1.165) is 35.8 Å². The van der Waals surface area contributed by atoms with E-state index in [1.165, 1.54) is 23.8 Å². The van der Waals surface area contributed by atoms with Crippen molar-refractivity contribution in [3.63, 3.8) is 0 Å². The zero-order valence-corrected chi connectivity index (χ0v) is 27.1. The standard InChI is InChI=1S/C33H40N4O7S/c1-6-34-31(40)33(3,4)37-29(39)26-18(2)27(28-35-11-12-43-28)45-30(26)36(32(37)41)17-25(23-9-7-8-10-24(23)42-5)44-22-15-19-13-21(38)14-20(19)16-22/h7-12,19-22,25,38H,6,13-17H2,1-5H3,(H,34,40)/t19-,20?,21?,22?,25?/m0/s1. The van der Waals surface area contributed by atoms with Crippen LogP contribution in [0, 0.1) is 18.8 Å². The molecule has 3 heterocycles. The largest absolute Gasteiger partial charge is 0.496 e. The van der Waals surface area contributed by atoms with Crippen molar-refractivity contribution in [1.82, 2.24) is 19.4 Å². The number of nitrogens with one attached hydrogen (secondary N) is 1. The number of hydrogen-bond donors (Lipinski definition) is 2. The van der Waals surface area contributed by atoms with Gasteiger partial charge < -0.3 is 24.3 Å². The number of aryl methyl sites for hydroxylation is 1. The summed E-state index contributed by atoms with van der Waals surface area (Å²) in [5.41, 5.74) is -1.25. The maximum absolute atomic E-state index is 14.5. The van der Waals surface area contributed by atoms with Crippen molar-refractivity contribution in [2.45, 2.75) is 83.8 Å². The number of methoxy groups -OCH3 is 1. The average molecular weight is 637 g/mol. The first-order valence-corrected chi connectivity index (χ1v) is 16.3. The molecule has 2 aliphatic rings. The fraction of sp³-hybridized carbons (Fsp3) is 0.515. The Balaban J connectivity index is 1.53. The Morgan fingerprint density at radius 2 is 1.91 bits per heavy atom. The summed E-state index contributed by atoms with van der Waals surface area (Å²) in [6.07, 6.45) is 5.27. The molecular formula is C33H40N4O7S. The van der Waals surface area contributed by atoms with Gasteiger partial charge in [0.2, 0.25) is 11.8 Å². The number of oxazole rings is 1. The predicted octanol–water partition coefficient (Wildman–Crippen LogP) is 4.38. The molecule has 1 amide bonds. The highest BCUT2D eigenvalue weighted by Crippen LogP contribution is 2.47. The third-order valence-electron chi connectivity index (χ3n) is 9.43.